The van der Waals surface area contributed by atoms with Gasteiger partial charge in [0.2, 0.25) is 0 Å². The molecule has 0 N–H and O–H groups in total. The number of morpholine rings is 1. The fourth-order valence-electron chi connectivity index (χ4n) is 1.86. The molecule has 0 bridgehead atoms. The van der Waals surface area contributed by atoms with Gasteiger partial charge in [0.05, 0.1) is 12.4 Å². The third-order valence-electron chi connectivity index (χ3n) is 2.77. The van der Waals surface area contributed by atoms with Gasteiger partial charge in [0, 0.05) is 25.8 Å². The van der Waals surface area contributed by atoms with Crippen LogP contribution in [0, 0.1) is 0 Å². The van der Waals surface area contributed by atoms with Crippen molar-refractivity contribution >= 4 is 15.6 Å². The molecule has 0 aromatic heterocycles. The summed E-state index contributed by atoms with van der Waals surface area (Å²) >= 11 is 0. The van der Waals surface area contributed by atoms with Gasteiger partial charge in [0.15, 0.2) is 5.78 Å². The first-order chi connectivity index (χ1) is 7.92. The first-order valence-electron chi connectivity index (χ1n) is 5.97. The highest BCUT2D eigenvalue weighted by molar-refractivity contribution is 7.90. The Bertz CT molecular complexity index is 350. The van der Waals surface area contributed by atoms with Crippen molar-refractivity contribution in [1.82, 2.24) is 4.90 Å². The Labute approximate surface area is 103 Å². The molecule has 0 amide bonds. The van der Waals surface area contributed by atoms with Crippen LogP contribution >= 0.6 is 0 Å². The Morgan fingerprint density at radius 2 is 2.18 bits per heavy atom. The molecule has 0 aromatic rings. The van der Waals surface area contributed by atoms with Crippen LogP contribution in [0.1, 0.15) is 19.8 Å². The summed E-state index contributed by atoms with van der Waals surface area (Å²) in [4.78, 5) is 14.0. The van der Waals surface area contributed by atoms with Crippen molar-refractivity contribution in [2.24, 2.45) is 0 Å². The molecule has 0 spiro atoms. The lowest BCUT2D eigenvalue weighted by molar-refractivity contribution is -0.135. The van der Waals surface area contributed by atoms with Gasteiger partial charge in [0.1, 0.15) is 15.9 Å². The number of nitrogens with zero attached hydrogens (tertiary/aromatic N) is 1. The number of hydrogen-bond acceptors (Lipinski definition) is 5. The van der Waals surface area contributed by atoms with E-state index in [0.29, 0.717) is 13.2 Å². The molecule has 1 aliphatic rings. The second-order valence-electron chi connectivity index (χ2n) is 4.51. The maximum atomic E-state index is 11.8. The largest absolute Gasteiger partial charge is 0.368 e. The molecule has 0 aromatic carbocycles. The quantitative estimate of drug-likeness (QED) is 0.680. The summed E-state index contributed by atoms with van der Waals surface area (Å²) in [6.07, 6.45) is 1.80. The number of Topliss-reactive ketones (excluding diaryl/α,β-unsaturated/α-hetero) is 1. The van der Waals surface area contributed by atoms with Crippen molar-refractivity contribution in [3.63, 3.8) is 0 Å². The van der Waals surface area contributed by atoms with E-state index in [1.165, 1.54) is 0 Å². The molecule has 0 aliphatic carbocycles. The Balaban J connectivity index is 2.41. The third-order valence-corrected chi connectivity index (χ3v) is 3.71. The number of carbonyl (C=O) groups excluding carboxylic acids is 1. The van der Waals surface area contributed by atoms with E-state index < -0.39 is 15.9 Å². The Hall–Kier alpha value is -0.460. The van der Waals surface area contributed by atoms with E-state index in [0.717, 1.165) is 25.8 Å². The number of hydrogen-bond donors (Lipinski definition) is 0. The molecule has 100 valence electrons. The number of carbonyl (C=O) groups is 1. The van der Waals surface area contributed by atoms with Crippen molar-refractivity contribution in [2.45, 2.75) is 25.9 Å². The summed E-state index contributed by atoms with van der Waals surface area (Å²) in [6.45, 7) is 5.05. The van der Waals surface area contributed by atoms with Gasteiger partial charge in [-0.05, 0) is 13.0 Å². The molecule has 1 saturated heterocycles. The minimum absolute atomic E-state index is 0.0590. The van der Waals surface area contributed by atoms with E-state index in [1.807, 2.05) is 0 Å². The number of ether oxygens (including phenoxy) is 1. The standard InChI is InChI=1S/C11H21NO4S/c1-3-5-12-6-7-16-11(9-12)10(13)4-8-17(2,14)15/h11H,3-9H2,1-2H3. The molecule has 1 fully saturated rings. The van der Waals surface area contributed by atoms with Gasteiger partial charge in [-0.1, -0.05) is 6.92 Å². The van der Waals surface area contributed by atoms with Crippen molar-refractivity contribution in [3.05, 3.63) is 0 Å². The molecule has 17 heavy (non-hydrogen) atoms. The minimum Gasteiger partial charge on any atom is -0.368 e. The van der Waals surface area contributed by atoms with E-state index in [2.05, 4.69) is 11.8 Å². The van der Waals surface area contributed by atoms with Gasteiger partial charge >= 0.3 is 0 Å². The zero-order valence-electron chi connectivity index (χ0n) is 10.5. The van der Waals surface area contributed by atoms with Crippen LogP contribution in [0.15, 0.2) is 0 Å². The van der Waals surface area contributed by atoms with Gasteiger partial charge in [-0.25, -0.2) is 8.42 Å². The topological polar surface area (TPSA) is 63.7 Å². The lowest BCUT2D eigenvalue weighted by Crippen LogP contribution is -2.46. The fourth-order valence-corrected chi connectivity index (χ4v) is 2.44. The van der Waals surface area contributed by atoms with E-state index in [-0.39, 0.29) is 18.0 Å². The van der Waals surface area contributed by atoms with Crippen LogP contribution in [0.2, 0.25) is 0 Å². The molecule has 0 radical (unpaired) electrons. The van der Waals surface area contributed by atoms with Crippen LogP contribution in [0.25, 0.3) is 0 Å². The molecule has 1 heterocycles. The molecule has 6 heteroatoms. The average Bonchev–Trinajstić information content (AvgIpc) is 2.26. The molecule has 5 nitrogen and oxygen atoms in total. The maximum absolute atomic E-state index is 11.8. The highest BCUT2D eigenvalue weighted by atomic mass is 32.2. The molecule has 1 aliphatic heterocycles. The third kappa shape index (κ3) is 5.61. The molecular weight excluding hydrogens is 242 g/mol. The lowest BCUT2D eigenvalue weighted by atomic mass is 10.1. The van der Waals surface area contributed by atoms with Crippen molar-refractivity contribution in [3.8, 4) is 0 Å². The van der Waals surface area contributed by atoms with Gasteiger partial charge < -0.3 is 4.74 Å². The highest BCUT2D eigenvalue weighted by Crippen LogP contribution is 2.09. The SMILES string of the molecule is CCCN1CCOC(C(=O)CCS(C)(=O)=O)C1. The number of ketones is 1. The molecule has 1 atom stereocenters. The monoisotopic (exact) mass is 263 g/mol. The Morgan fingerprint density at radius 1 is 1.47 bits per heavy atom. The van der Waals surface area contributed by atoms with E-state index in [1.54, 1.807) is 0 Å². The van der Waals surface area contributed by atoms with Crippen molar-refractivity contribution in [1.29, 1.82) is 0 Å². The fraction of sp³-hybridized carbons (Fsp3) is 0.909. The lowest BCUT2D eigenvalue weighted by Gasteiger charge is -2.31. The van der Waals surface area contributed by atoms with Crippen LogP contribution in [0.4, 0.5) is 0 Å². The van der Waals surface area contributed by atoms with Crippen LogP contribution in [0.3, 0.4) is 0 Å². The van der Waals surface area contributed by atoms with Crippen molar-refractivity contribution < 1.29 is 17.9 Å². The van der Waals surface area contributed by atoms with E-state index in [4.69, 9.17) is 4.74 Å². The molecule has 0 saturated carbocycles. The predicted molar refractivity (Wildman–Crippen MR) is 65.8 cm³/mol. The van der Waals surface area contributed by atoms with E-state index >= 15 is 0 Å². The van der Waals surface area contributed by atoms with Crippen LogP contribution in [-0.4, -0.2) is 63.5 Å². The first kappa shape index (κ1) is 14.6. The molecule has 1 rings (SSSR count). The predicted octanol–water partition coefficient (Wildman–Crippen LogP) is 0.101. The first-order valence-corrected chi connectivity index (χ1v) is 8.03. The second kappa shape index (κ2) is 6.47. The zero-order valence-corrected chi connectivity index (χ0v) is 11.3. The van der Waals surface area contributed by atoms with E-state index in [9.17, 15) is 13.2 Å². The van der Waals surface area contributed by atoms with Crippen LogP contribution in [0.5, 0.6) is 0 Å². The smallest absolute Gasteiger partial charge is 0.163 e. The second-order valence-corrected chi connectivity index (χ2v) is 6.77. The summed E-state index contributed by atoms with van der Waals surface area (Å²) in [6, 6.07) is 0. The summed E-state index contributed by atoms with van der Waals surface area (Å²) in [5.74, 6) is -0.185. The Kier molecular flexibility index (Phi) is 5.55. The normalized spacial score (nSPS) is 22.6. The maximum Gasteiger partial charge on any atom is 0.163 e. The number of rotatable bonds is 6. The van der Waals surface area contributed by atoms with Crippen LogP contribution < -0.4 is 0 Å². The summed E-state index contributed by atoms with van der Waals surface area (Å²) in [5.41, 5.74) is 0. The molecule has 1 unspecified atom stereocenters. The van der Waals surface area contributed by atoms with Crippen molar-refractivity contribution in [2.75, 3.05) is 38.2 Å². The average molecular weight is 263 g/mol. The molecular formula is C11H21NO4S. The van der Waals surface area contributed by atoms with Gasteiger partial charge in [-0.15, -0.1) is 0 Å². The van der Waals surface area contributed by atoms with Crippen LogP contribution in [-0.2, 0) is 19.4 Å². The van der Waals surface area contributed by atoms with Gasteiger partial charge in [-0.2, -0.15) is 0 Å². The Morgan fingerprint density at radius 3 is 2.76 bits per heavy atom. The number of sulfone groups is 1. The minimum atomic E-state index is -3.07. The van der Waals surface area contributed by atoms with Gasteiger partial charge in [-0.3, -0.25) is 9.69 Å². The summed E-state index contributed by atoms with van der Waals surface area (Å²) < 4.78 is 27.4. The summed E-state index contributed by atoms with van der Waals surface area (Å²) in [5, 5.41) is 0. The summed E-state index contributed by atoms with van der Waals surface area (Å²) in [7, 11) is -3.07. The zero-order chi connectivity index (χ0) is 12.9. The van der Waals surface area contributed by atoms with Gasteiger partial charge in [0.25, 0.3) is 0 Å². The highest BCUT2D eigenvalue weighted by Gasteiger charge is 2.26.